The molecule has 3 atom stereocenters. The second-order valence-corrected chi connectivity index (χ2v) is 14.1. The summed E-state index contributed by atoms with van der Waals surface area (Å²) in [4.78, 5) is 38.4. The van der Waals surface area contributed by atoms with Crippen molar-refractivity contribution in [2.45, 2.75) is 120 Å². The minimum absolute atomic E-state index is 0.0440. The third-order valence-corrected chi connectivity index (χ3v) is 6.06. The molecule has 0 aromatic carbocycles. The third kappa shape index (κ3) is 12.1. The molecule has 1 fully saturated rings. The first-order valence-electron chi connectivity index (χ1n) is 13.7. The molecule has 3 aliphatic heterocycles. The number of hydrogen-bond donors (Lipinski definition) is 0. The van der Waals surface area contributed by atoms with E-state index in [0.717, 1.165) is 11.9 Å². The van der Waals surface area contributed by atoms with E-state index in [-0.39, 0.29) is 33.3 Å². The van der Waals surface area contributed by atoms with Gasteiger partial charge < -0.3 is 18.8 Å². The summed E-state index contributed by atoms with van der Waals surface area (Å²) >= 11 is 0. The Hall–Kier alpha value is -3.32. The lowest BCUT2D eigenvalue weighted by Crippen LogP contribution is -2.42. The quantitative estimate of drug-likeness (QED) is 0.228. The van der Waals surface area contributed by atoms with E-state index in [2.05, 4.69) is 24.0 Å². The maximum Gasteiger partial charge on any atom is 0.413 e. The van der Waals surface area contributed by atoms with Crippen LogP contribution < -0.4 is 5.63 Å². The second-order valence-electron chi connectivity index (χ2n) is 14.1. The van der Waals surface area contributed by atoms with Gasteiger partial charge in [-0.05, 0) is 42.6 Å². The highest BCUT2D eigenvalue weighted by Crippen LogP contribution is 2.31. The van der Waals surface area contributed by atoms with Crippen LogP contribution in [0.3, 0.4) is 0 Å². The number of carbonyl (C=O) groups excluding carboxylic acids is 2. The van der Waals surface area contributed by atoms with Crippen molar-refractivity contribution in [1.82, 2.24) is 9.86 Å². The number of rotatable bonds is 0. The summed E-state index contributed by atoms with van der Waals surface area (Å²) in [6.07, 6.45) is -2.17. The van der Waals surface area contributed by atoms with Gasteiger partial charge in [-0.1, -0.05) is 72.0 Å². The van der Waals surface area contributed by atoms with E-state index >= 15 is 0 Å². The van der Waals surface area contributed by atoms with Crippen LogP contribution in [-0.4, -0.2) is 58.8 Å². The number of halogens is 4. The van der Waals surface area contributed by atoms with E-state index in [4.69, 9.17) is 0 Å². The van der Waals surface area contributed by atoms with Crippen molar-refractivity contribution in [1.29, 1.82) is 0 Å². The highest BCUT2D eigenvalue weighted by molar-refractivity contribution is 5.92. The molecule has 1 aromatic rings. The van der Waals surface area contributed by atoms with Gasteiger partial charge in [0.1, 0.15) is 0 Å². The van der Waals surface area contributed by atoms with Crippen LogP contribution in [0.15, 0.2) is 32.3 Å². The standard InChI is InChI=1S/C8H11FO2.C7H12FNO2.C7H10FNO2.C7H12FNO/c1-8(2,3)5-4-6(9)11-7(5)10;1-7(2,3)9-4-5(8)11-6(9)10;1-7(2,3)5-4-9(8)11-6(5)10;1-7(2,3)5-4-6(8)10-9-5/h4,6H,1-3H3;5H,4H2,1-3H3;4H,1-3H3;6H,4H2,1-3H3. The fourth-order valence-corrected chi connectivity index (χ4v) is 3.53. The van der Waals surface area contributed by atoms with Crippen molar-refractivity contribution in [3.05, 3.63) is 33.8 Å². The average molecular weight is 624 g/mol. The Balaban J connectivity index is 0.000000287. The summed E-state index contributed by atoms with van der Waals surface area (Å²) < 4.78 is 62.3. The molecule has 1 aromatic heterocycles. The number of hydrogen-bond acceptors (Lipinski definition) is 8. The van der Waals surface area contributed by atoms with Crippen molar-refractivity contribution >= 4 is 17.8 Å². The maximum absolute atomic E-state index is 12.5. The normalized spacial score (nSPS) is 22.0. The fraction of sp³-hybridized carbons (Fsp3) is 0.724. The molecule has 43 heavy (non-hydrogen) atoms. The summed E-state index contributed by atoms with van der Waals surface area (Å²) in [7, 11) is 0. The van der Waals surface area contributed by atoms with Gasteiger partial charge in [0.25, 0.3) is 19.1 Å². The predicted octanol–water partition coefficient (Wildman–Crippen LogP) is 6.92. The van der Waals surface area contributed by atoms with E-state index in [9.17, 15) is 32.0 Å². The van der Waals surface area contributed by atoms with Gasteiger partial charge in [0.15, 0.2) is 0 Å². The molecule has 0 N–H and O–H groups in total. The Morgan fingerprint density at radius 1 is 0.814 bits per heavy atom. The van der Waals surface area contributed by atoms with Gasteiger partial charge in [0.2, 0.25) is 0 Å². The van der Waals surface area contributed by atoms with E-state index in [1.165, 1.54) is 11.0 Å². The molecule has 0 radical (unpaired) electrons. The summed E-state index contributed by atoms with van der Waals surface area (Å²) in [5.74, 6) is -0.537. The number of amides is 1. The minimum Gasteiger partial charge on any atom is -0.424 e. The molecule has 4 heterocycles. The van der Waals surface area contributed by atoms with Crippen molar-refractivity contribution < 1.29 is 46.1 Å². The zero-order valence-corrected chi connectivity index (χ0v) is 27.0. The highest BCUT2D eigenvalue weighted by atomic mass is 19.2. The molecule has 3 aliphatic rings. The molecule has 1 saturated heterocycles. The smallest absolute Gasteiger partial charge is 0.413 e. The molecule has 14 heteroatoms. The Morgan fingerprint density at radius 3 is 1.56 bits per heavy atom. The second kappa shape index (κ2) is 14.0. The number of esters is 1. The molecular weight excluding hydrogens is 578 g/mol. The molecule has 3 unspecified atom stereocenters. The maximum atomic E-state index is 12.5. The van der Waals surface area contributed by atoms with E-state index in [1.807, 2.05) is 83.1 Å². The van der Waals surface area contributed by atoms with Crippen LogP contribution in [0, 0.1) is 10.8 Å². The van der Waals surface area contributed by atoms with Crippen LogP contribution in [0.2, 0.25) is 0 Å². The first-order chi connectivity index (χ1) is 19.2. The van der Waals surface area contributed by atoms with Gasteiger partial charge in [-0.3, -0.25) is 4.90 Å². The lowest BCUT2D eigenvalue weighted by atomic mass is 9.87. The number of aromatic nitrogens is 1. The third-order valence-electron chi connectivity index (χ3n) is 6.06. The lowest BCUT2D eigenvalue weighted by molar-refractivity contribution is -0.145. The first kappa shape index (κ1) is 37.7. The topological polar surface area (TPSA) is 113 Å². The molecule has 0 spiro atoms. The number of carbonyl (C=O) groups is 2. The molecule has 0 bridgehead atoms. The summed E-state index contributed by atoms with van der Waals surface area (Å²) in [6, 6.07) is 0. The zero-order chi connectivity index (χ0) is 33.7. The summed E-state index contributed by atoms with van der Waals surface area (Å²) in [5, 5.41) is 3.63. The van der Waals surface area contributed by atoms with Crippen LogP contribution in [-0.2, 0) is 24.5 Å². The largest absolute Gasteiger partial charge is 0.424 e. The average Bonchev–Trinajstić information content (AvgIpc) is 3.55. The first-order valence-corrected chi connectivity index (χ1v) is 13.7. The number of nitrogens with zero attached hydrogens (tertiary/aromatic N) is 3. The van der Waals surface area contributed by atoms with Crippen molar-refractivity contribution in [3.8, 4) is 0 Å². The molecule has 246 valence electrons. The van der Waals surface area contributed by atoms with E-state index in [1.54, 1.807) is 0 Å². The molecule has 1 amide bonds. The Labute approximate surface area is 249 Å². The molecule has 0 aliphatic carbocycles. The van der Waals surface area contributed by atoms with E-state index in [0.29, 0.717) is 17.6 Å². The van der Waals surface area contributed by atoms with Crippen molar-refractivity contribution in [2.24, 2.45) is 16.0 Å². The Kier molecular flexibility index (Phi) is 12.3. The van der Waals surface area contributed by atoms with Gasteiger partial charge in [-0.15, -0.1) is 0 Å². The van der Waals surface area contributed by atoms with Crippen molar-refractivity contribution in [3.63, 3.8) is 0 Å². The van der Waals surface area contributed by atoms with Gasteiger partial charge in [-0.2, -0.15) is 13.2 Å². The number of cyclic esters (lactones) is 2. The van der Waals surface area contributed by atoms with Crippen LogP contribution in [0.5, 0.6) is 0 Å². The van der Waals surface area contributed by atoms with Crippen LogP contribution in [0.4, 0.5) is 22.4 Å². The lowest BCUT2D eigenvalue weighted by Gasteiger charge is -2.28. The van der Waals surface area contributed by atoms with Crippen LogP contribution in [0.25, 0.3) is 0 Å². The van der Waals surface area contributed by atoms with Gasteiger partial charge in [0, 0.05) is 16.5 Å². The zero-order valence-electron chi connectivity index (χ0n) is 27.0. The molecule has 10 nitrogen and oxygen atoms in total. The van der Waals surface area contributed by atoms with Gasteiger partial charge >= 0.3 is 17.7 Å². The summed E-state index contributed by atoms with van der Waals surface area (Å²) in [5.41, 5.74) is -0.126. The number of alkyl halides is 3. The van der Waals surface area contributed by atoms with Crippen LogP contribution >= 0.6 is 0 Å². The Bertz CT molecular complexity index is 1230. The van der Waals surface area contributed by atoms with Gasteiger partial charge in [0.05, 0.1) is 30.4 Å². The minimum atomic E-state index is -1.54. The SMILES string of the molecule is CC(C)(C)C1=CC(F)OC1=O.CC(C)(C)C1=NOC(F)C1.CC(C)(C)N1CC(F)OC1=O.CC(C)(C)c1cn(F)oc1=O. The molecule has 4 rings (SSSR count). The summed E-state index contributed by atoms with van der Waals surface area (Å²) in [6.45, 7) is 22.5. The predicted molar refractivity (Wildman–Crippen MR) is 152 cm³/mol. The van der Waals surface area contributed by atoms with Crippen LogP contribution in [0.1, 0.15) is 95.1 Å². The fourth-order valence-electron chi connectivity index (χ4n) is 3.53. The van der Waals surface area contributed by atoms with E-state index < -0.39 is 36.8 Å². The monoisotopic (exact) mass is 623 g/mol. The molecular formula is C29H45F4N3O7. The van der Waals surface area contributed by atoms with Crippen molar-refractivity contribution in [2.75, 3.05) is 6.54 Å². The highest BCUT2D eigenvalue weighted by Gasteiger charge is 2.38. The molecule has 0 saturated carbocycles. The number of oxime groups is 1. The number of ether oxygens (including phenoxy) is 2. The Morgan fingerprint density at radius 2 is 1.37 bits per heavy atom. The van der Waals surface area contributed by atoms with Gasteiger partial charge in [-0.25, -0.2) is 14.4 Å².